The molecule has 0 aromatic carbocycles. The second kappa shape index (κ2) is 6.24. The molecule has 23 heavy (non-hydrogen) atoms. The van der Waals surface area contributed by atoms with E-state index < -0.39 is 21.9 Å². The van der Waals surface area contributed by atoms with Gasteiger partial charge in [-0.15, -0.1) is 0 Å². The van der Waals surface area contributed by atoms with Gasteiger partial charge in [-0.1, -0.05) is 32.9 Å². The molecule has 1 aliphatic heterocycles. The first-order chi connectivity index (χ1) is 10.5. The van der Waals surface area contributed by atoms with Gasteiger partial charge in [0.05, 0.1) is 5.92 Å². The van der Waals surface area contributed by atoms with Gasteiger partial charge in [-0.25, -0.2) is 12.7 Å². The lowest BCUT2D eigenvalue weighted by Gasteiger charge is -2.33. The van der Waals surface area contributed by atoms with E-state index in [-0.39, 0.29) is 23.6 Å². The molecule has 1 N–H and O–H groups in total. The zero-order valence-corrected chi connectivity index (χ0v) is 14.8. The summed E-state index contributed by atoms with van der Waals surface area (Å²) in [4.78, 5) is 11.2. The number of carboxylic acid groups (broad SMARTS) is 1. The van der Waals surface area contributed by atoms with Crippen LogP contribution in [-0.4, -0.2) is 42.0 Å². The maximum Gasteiger partial charge on any atom is 0.307 e. The minimum atomic E-state index is -3.62. The molecule has 0 radical (unpaired) electrons. The summed E-state index contributed by atoms with van der Waals surface area (Å²) in [6, 6.07) is 1.65. The fourth-order valence-corrected chi connectivity index (χ4v) is 4.30. The lowest BCUT2D eigenvalue weighted by molar-refractivity contribution is -0.143. The molecule has 1 aromatic heterocycles. The molecular formula is C15H24N2O5S. The molecule has 0 bridgehead atoms. The molecule has 2 rings (SSSR count). The molecule has 1 fully saturated rings. The Morgan fingerprint density at radius 1 is 1.43 bits per heavy atom. The first-order valence-electron chi connectivity index (χ1n) is 7.65. The third-order valence-electron chi connectivity index (χ3n) is 4.00. The largest absolute Gasteiger partial charge is 0.481 e. The van der Waals surface area contributed by atoms with Gasteiger partial charge in [-0.05, 0) is 12.3 Å². The molecule has 1 aliphatic rings. The molecule has 7 nitrogen and oxygen atoms in total. The second-order valence-corrected chi connectivity index (χ2v) is 9.35. The molecule has 0 amide bonds. The number of nitrogens with zero attached hydrogens (tertiary/aromatic N) is 2. The summed E-state index contributed by atoms with van der Waals surface area (Å²) in [6.45, 7) is 8.09. The number of aromatic nitrogens is 1. The van der Waals surface area contributed by atoms with Crippen molar-refractivity contribution in [3.8, 4) is 0 Å². The summed E-state index contributed by atoms with van der Waals surface area (Å²) in [6.07, 6.45) is 0.499. The summed E-state index contributed by atoms with van der Waals surface area (Å²) < 4.78 is 31.6. The maximum atomic E-state index is 12.6. The van der Waals surface area contributed by atoms with Gasteiger partial charge in [-0.2, -0.15) is 0 Å². The highest BCUT2D eigenvalue weighted by Crippen LogP contribution is 2.27. The Labute approximate surface area is 136 Å². The number of carboxylic acids is 1. The number of carbonyl (C=O) groups is 1. The van der Waals surface area contributed by atoms with E-state index in [0.29, 0.717) is 24.4 Å². The van der Waals surface area contributed by atoms with Crippen LogP contribution < -0.4 is 0 Å². The van der Waals surface area contributed by atoms with Crippen molar-refractivity contribution in [2.45, 2.75) is 45.3 Å². The van der Waals surface area contributed by atoms with Gasteiger partial charge < -0.3 is 9.63 Å². The van der Waals surface area contributed by atoms with Crippen molar-refractivity contribution in [2.24, 2.45) is 11.8 Å². The van der Waals surface area contributed by atoms with Crippen molar-refractivity contribution in [1.29, 1.82) is 0 Å². The second-order valence-electron chi connectivity index (χ2n) is 7.38. The highest BCUT2D eigenvalue weighted by atomic mass is 32.2. The van der Waals surface area contributed by atoms with E-state index in [1.165, 1.54) is 4.31 Å². The Morgan fingerprint density at radius 3 is 2.61 bits per heavy atom. The lowest BCUT2D eigenvalue weighted by Crippen LogP contribution is -2.45. The van der Waals surface area contributed by atoms with Crippen LogP contribution in [-0.2, 0) is 26.0 Å². The molecule has 8 heteroatoms. The van der Waals surface area contributed by atoms with Crippen LogP contribution in [0.3, 0.4) is 0 Å². The molecule has 130 valence electrons. The van der Waals surface area contributed by atoms with Crippen LogP contribution >= 0.6 is 0 Å². The Kier molecular flexibility index (Phi) is 4.86. The Bertz CT molecular complexity index is 674. The van der Waals surface area contributed by atoms with E-state index in [2.05, 4.69) is 5.16 Å². The maximum absolute atomic E-state index is 12.6. The Morgan fingerprint density at radius 2 is 2.09 bits per heavy atom. The van der Waals surface area contributed by atoms with Crippen LogP contribution in [0.2, 0.25) is 0 Å². The smallest absolute Gasteiger partial charge is 0.307 e. The van der Waals surface area contributed by atoms with E-state index in [9.17, 15) is 18.3 Å². The minimum Gasteiger partial charge on any atom is -0.481 e. The van der Waals surface area contributed by atoms with E-state index in [1.807, 2.05) is 27.7 Å². The standard InChI is InChI=1S/C15H24N2O5S/c1-10-5-11(14(18)19)8-17(7-10)23(20,21)9-12-6-13(22-16-12)15(2,3)4/h6,10-11H,5,7-9H2,1-4H3,(H,18,19). The zero-order chi connectivity index (χ0) is 17.4. The number of rotatable bonds is 4. The van der Waals surface area contributed by atoms with Gasteiger partial charge in [-0.3, -0.25) is 4.79 Å². The van der Waals surface area contributed by atoms with Gasteiger partial charge in [0.15, 0.2) is 0 Å². The van der Waals surface area contributed by atoms with Crippen LogP contribution in [0.5, 0.6) is 0 Å². The SMILES string of the molecule is CC1CC(C(=O)O)CN(S(=O)(=O)Cc2cc(C(C)(C)C)on2)C1. The van der Waals surface area contributed by atoms with Crippen LogP contribution in [0.4, 0.5) is 0 Å². The van der Waals surface area contributed by atoms with Gasteiger partial charge in [0.2, 0.25) is 10.0 Å². The number of sulfonamides is 1. The van der Waals surface area contributed by atoms with Crippen molar-refractivity contribution in [2.75, 3.05) is 13.1 Å². The molecule has 2 unspecified atom stereocenters. The van der Waals surface area contributed by atoms with E-state index in [4.69, 9.17) is 4.52 Å². The number of hydrogen-bond acceptors (Lipinski definition) is 5. The van der Waals surface area contributed by atoms with E-state index in [0.717, 1.165) is 0 Å². The highest BCUT2D eigenvalue weighted by molar-refractivity contribution is 7.88. The third-order valence-corrected chi connectivity index (χ3v) is 5.74. The summed E-state index contributed by atoms with van der Waals surface area (Å²) in [5.41, 5.74) is 0.100. The average molecular weight is 344 g/mol. The monoisotopic (exact) mass is 344 g/mol. The quantitative estimate of drug-likeness (QED) is 0.894. The molecule has 2 atom stereocenters. The van der Waals surface area contributed by atoms with Crippen molar-refractivity contribution in [3.05, 3.63) is 17.5 Å². The third kappa shape index (κ3) is 4.32. The number of hydrogen-bond donors (Lipinski definition) is 1. The average Bonchev–Trinajstić information content (AvgIpc) is 2.85. The van der Waals surface area contributed by atoms with Gasteiger partial charge in [0.1, 0.15) is 17.2 Å². The normalized spacial score (nSPS) is 23.8. The molecule has 1 aromatic rings. The predicted octanol–water partition coefficient (Wildman–Crippen LogP) is 1.84. The molecule has 2 heterocycles. The fourth-order valence-electron chi connectivity index (χ4n) is 2.72. The fraction of sp³-hybridized carbons (Fsp3) is 0.733. The summed E-state index contributed by atoms with van der Waals surface area (Å²) in [5.74, 6) is -1.24. The van der Waals surface area contributed by atoms with E-state index in [1.54, 1.807) is 6.07 Å². The van der Waals surface area contributed by atoms with Crippen molar-refractivity contribution < 1.29 is 22.8 Å². The molecule has 0 saturated carbocycles. The molecule has 1 saturated heterocycles. The first kappa shape index (κ1) is 17.9. The van der Waals surface area contributed by atoms with Crippen molar-refractivity contribution in [1.82, 2.24) is 9.46 Å². The number of aliphatic carboxylic acids is 1. The Balaban J connectivity index is 2.15. The van der Waals surface area contributed by atoms with Crippen LogP contribution in [0, 0.1) is 11.8 Å². The topological polar surface area (TPSA) is 101 Å². The van der Waals surface area contributed by atoms with Crippen molar-refractivity contribution >= 4 is 16.0 Å². The zero-order valence-electron chi connectivity index (χ0n) is 13.9. The van der Waals surface area contributed by atoms with Crippen LogP contribution in [0.1, 0.15) is 45.6 Å². The molecule has 0 aliphatic carbocycles. The molecule has 0 spiro atoms. The Hall–Kier alpha value is -1.41. The molecular weight excluding hydrogens is 320 g/mol. The summed E-state index contributed by atoms with van der Waals surface area (Å²) in [5, 5.41) is 13.0. The lowest BCUT2D eigenvalue weighted by atomic mass is 9.92. The summed E-state index contributed by atoms with van der Waals surface area (Å²) >= 11 is 0. The predicted molar refractivity (Wildman–Crippen MR) is 84.3 cm³/mol. The van der Waals surface area contributed by atoms with Crippen LogP contribution in [0.15, 0.2) is 10.6 Å². The van der Waals surface area contributed by atoms with Gasteiger partial charge in [0, 0.05) is 24.6 Å². The number of piperidine rings is 1. The van der Waals surface area contributed by atoms with Crippen molar-refractivity contribution in [3.63, 3.8) is 0 Å². The van der Waals surface area contributed by atoms with Gasteiger partial charge >= 0.3 is 5.97 Å². The van der Waals surface area contributed by atoms with E-state index >= 15 is 0 Å². The summed E-state index contributed by atoms with van der Waals surface area (Å²) in [7, 11) is -3.62. The first-order valence-corrected chi connectivity index (χ1v) is 9.26. The highest BCUT2D eigenvalue weighted by Gasteiger charge is 2.36. The van der Waals surface area contributed by atoms with Gasteiger partial charge in [0.25, 0.3) is 0 Å². The van der Waals surface area contributed by atoms with Crippen LogP contribution in [0.25, 0.3) is 0 Å². The minimum absolute atomic E-state index is 0.0158.